The minimum Gasteiger partial charge on any atom is -0.0617 e. The fraction of sp³-hybridized carbons (Fsp3) is 1.00. The van der Waals surface area contributed by atoms with E-state index in [1.54, 1.807) is 25.7 Å². The van der Waals surface area contributed by atoms with Crippen LogP contribution in [0.15, 0.2) is 0 Å². The third-order valence-electron chi connectivity index (χ3n) is 6.68. The maximum atomic E-state index is 2.60. The predicted molar refractivity (Wildman–Crippen MR) is 48.6 cm³/mol. The summed E-state index contributed by atoms with van der Waals surface area (Å²) < 4.78 is 0. The summed E-state index contributed by atoms with van der Waals surface area (Å²) in [6, 6.07) is 0. The molecule has 0 radical (unpaired) electrons. The summed E-state index contributed by atoms with van der Waals surface area (Å²) in [4.78, 5) is 0. The highest BCUT2D eigenvalue weighted by Gasteiger charge is 2.84. The van der Waals surface area contributed by atoms with Gasteiger partial charge in [-0.3, -0.25) is 0 Å². The lowest BCUT2D eigenvalue weighted by Gasteiger charge is -2.83. The van der Waals surface area contributed by atoms with Gasteiger partial charge < -0.3 is 0 Å². The van der Waals surface area contributed by atoms with Gasteiger partial charge in [-0.25, -0.2) is 0 Å². The van der Waals surface area contributed by atoms with Crippen molar-refractivity contribution in [1.82, 2.24) is 0 Å². The first-order chi connectivity index (χ1) is 5.71. The third kappa shape index (κ3) is 0.311. The monoisotopic (exact) mass is 162 g/mol. The maximum Gasteiger partial charge on any atom is -0.0153 e. The van der Waals surface area contributed by atoms with Gasteiger partial charge >= 0.3 is 0 Å². The van der Waals surface area contributed by atoms with E-state index in [9.17, 15) is 0 Å². The highest BCUT2D eigenvalue weighted by Crippen LogP contribution is 2.90. The molecule has 1 spiro atoms. The molecule has 0 aromatic rings. The van der Waals surface area contributed by atoms with Crippen LogP contribution in [-0.2, 0) is 0 Å². The van der Waals surface area contributed by atoms with E-state index < -0.39 is 0 Å². The summed E-state index contributed by atoms with van der Waals surface area (Å²) in [5.74, 6) is 4.62. The van der Waals surface area contributed by atoms with Crippen molar-refractivity contribution in [2.75, 3.05) is 0 Å². The molecule has 4 saturated carbocycles. The van der Waals surface area contributed by atoms with Crippen LogP contribution in [0.25, 0.3) is 0 Å². The molecule has 0 nitrogen and oxygen atoms in total. The fourth-order valence-electron chi connectivity index (χ4n) is 6.14. The summed E-state index contributed by atoms with van der Waals surface area (Å²) >= 11 is 0. The van der Waals surface area contributed by atoms with E-state index in [0.29, 0.717) is 0 Å². The highest BCUT2D eigenvalue weighted by atomic mass is 14.9. The second kappa shape index (κ2) is 1.40. The van der Waals surface area contributed by atoms with E-state index in [4.69, 9.17) is 0 Å². The van der Waals surface area contributed by atoms with Crippen LogP contribution in [-0.4, -0.2) is 0 Å². The quantitative estimate of drug-likeness (QED) is 0.513. The van der Waals surface area contributed by atoms with E-state index in [2.05, 4.69) is 13.8 Å². The van der Waals surface area contributed by atoms with Crippen molar-refractivity contribution in [1.29, 1.82) is 0 Å². The van der Waals surface area contributed by atoms with Gasteiger partial charge in [0.25, 0.3) is 0 Å². The average Bonchev–Trinajstić information content (AvgIpc) is 2.31. The first-order valence-corrected chi connectivity index (χ1v) is 5.71. The van der Waals surface area contributed by atoms with Crippen molar-refractivity contribution in [3.63, 3.8) is 0 Å². The second-order valence-electron chi connectivity index (χ2n) is 6.15. The molecule has 6 unspecified atom stereocenters. The second-order valence-corrected chi connectivity index (χ2v) is 6.15. The van der Waals surface area contributed by atoms with Gasteiger partial charge in [0.15, 0.2) is 0 Å². The first-order valence-electron chi connectivity index (χ1n) is 5.71. The summed E-state index contributed by atoms with van der Waals surface area (Å²) in [6.45, 7) is 5.12. The number of hydrogen-bond donors (Lipinski definition) is 0. The van der Waals surface area contributed by atoms with E-state index >= 15 is 0 Å². The van der Waals surface area contributed by atoms with Crippen molar-refractivity contribution in [2.24, 2.45) is 34.5 Å². The van der Waals surface area contributed by atoms with Gasteiger partial charge in [0.1, 0.15) is 0 Å². The lowest BCUT2D eigenvalue weighted by molar-refractivity contribution is -0.353. The smallest absolute Gasteiger partial charge is 0.0153 e. The van der Waals surface area contributed by atoms with Gasteiger partial charge in [-0.2, -0.15) is 0 Å². The molecule has 0 heteroatoms. The maximum absolute atomic E-state index is 2.60. The van der Waals surface area contributed by atoms with Crippen LogP contribution < -0.4 is 0 Å². The molecule has 66 valence electrons. The minimum absolute atomic E-state index is 0.809. The number of hydrogen-bond acceptors (Lipinski definition) is 0. The van der Waals surface area contributed by atoms with Crippen molar-refractivity contribution >= 4 is 0 Å². The molecule has 12 heavy (non-hydrogen) atoms. The molecule has 0 aromatic heterocycles. The lowest BCUT2D eigenvalue weighted by Crippen LogP contribution is -2.77. The topological polar surface area (TPSA) is 0 Å². The molecule has 6 atom stereocenters. The largest absolute Gasteiger partial charge is 0.0617 e. The summed E-state index contributed by atoms with van der Waals surface area (Å²) in [7, 11) is 0. The lowest BCUT2D eigenvalue weighted by atomic mass is 9.21. The summed E-state index contributed by atoms with van der Waals surface area (Å²) in [5, 5.41) is 0. The Kier molecular flexibility index (Phi) is 0.755. The van der Waals surface area contributed by atoms with Crippen LogP contribution >= 0.6 is 0 Å². The highest BCUT2D eigenvalue weighted by molar-refractivity contribution is 5.32. The summed E-state index contributed by atoms with van der Waals surface area (Å²) in [6.07, 6.45) is 6.35. The molecule has 4 rings (SSSR count). The summed E-state index contributed by atoms with van der Waals surface area (Å²) in [5.41, 5.74) is 1.75. The molecule has 0 heterocycles. The van der Waals surface area contributed by atoms with Crippen LogP contribution in [0.3, 0.4) is 0 Å². The van der Waals surface area contributed by atoms with E-state index in [-0.39, 0.29) is 0 Å². The Balaban J connectivity index is 1.88. The van der Waals surface area contributed by atoms with E-state index in [0.717, 1.165) is 16.7 Å². The van der Waals surface area contributed by atoms with Crippen LogP contribution in [0.5, 0.6) is 0 Å². The SMILES string of the molecule is CC1C2CC3CC4CCC1(C)C432. The van der Waals surface area contributed by atoms with E-state index in [1.165, 1.54) is 17.8 Å². The Morgan fingerprint density at radius 2 is 2.00 bits per heavy atom. The average molecular weight is 162 g/mol. The Morgan fingerprint density at radius 1 is 1.17 bits per heavy atom. The van der Waals surface area contributed by atoms with E-state index in [1.807, 2.05) is 0 Å². The Hall–Kier alpha value is 0. The standard InChI is InChI=1S/C12H18/c1-7-10-6-9-5-8-3-4-11(7,2)12(8,9)10/h7-10H,3-6H2,1-2H3. The number of rotatable bonds is 0. The molecular weight excluding hydrogens is 144 g/mol. The van der Waals surface area contributed by atoms with Crippen LogP contribution in [0.1, 0.15) is 39.5 Å². The third-order valence-corrected chi connectivity index (χ3v) is 6.68. The Morgan fingerprint density at radius 3 is 2.67 bits per heavy atom. The zero-order chi connectivity index (χ0) is 8.14. The van der Waals surface area contributed by atoms with Gasteiger partial charge in [0.05, 0.1) is 0 Å². The van der Waals surface area contributed by atoms with Gasteiger partial charge in [0.2, 0.25) is 0 Å². The molecule has 0 bridgehead atoms. The van der Waals surface area contributed by atoms with Crippen molar-refractivity contribution in [2.45, 2.75) is 39.5 Å². The van der Waals surface area contributed by atoms with Crippen LogP contribution in [0.2, 0.25) is 0 Å². The fourth-order valence-corrected chi connectivity index (χ4v) is 6.14. The molecule has 0 aromatic carbocycles. The molecular formula is C12H18. The molecule has 0 N–H and O–H groups in total. The molecule has 4 aliphatic rings. The zero-order valence-corrected chi connectivity index (χ0v) is 8.14. The normalized spacial score (nSPS) is 76.5. The molecule has 4 aliphatic carbocycles. The van der Waals surface area contributed by atoms with Crippen LogP contribution in [0.4, 0.5) is 0 Å². The molecule has 4 fully saturated rings. The predicted octanol–water partition coefficient (Wildman–Crippen LogP) is 3.08. The van der Waals surface area contributed by atoms with Crippen molar-refractivity contribution < 1.29 is 0 Å². The van der Waals surface area contributed by atoms with Gasteiger partial charge in [-0.1, -0.05) is 13.8 Å². The molecule has 0 amide bonds. The van der Waals surface area contributed by atoms with Crippen molar-refractivity contribution in [3.05, 3.63) is 0 Å². The van der Waals surface area contributed by atoms with Crippen LogP contribution in [0, 0.1) is 34.5 Å². The molecule has 0 aliphatic heterocycles. The molecule has 0 saturated heterocycles. The van der Waals surface area contributed by atoms with Gasteiger partial charge in [-0.05, 0) is 60.2 Å². The first kappa shape index (κ1) is 6.45. The van der Waals surface area contributed by atoms with Gasteiger partial charge in [0, 0.05) is 0 Å². The Bertz CT molecular complexity index is 269. The minimum atomic E-state index is 0.809. The zero-order valence-electron chi connectivity index (χ0n) is 8.14. The van der Waals surface area contributed by atoms with Crippen molar-refractivity contribution in [3.8, 4) is 0 Å². The Labute approximate surface area is 74.7 Å². The van der Waals surface area contributed by atoms with Gasteiger partial charge in [-0.15, -0.1) is 0 Å².